The first-order valence-electron chi connectivity index (χ1n) is 8.56. The maximum Gasteiger partial charge on any atom is 0.106 e. The molecule has 0 radical (unpaired) electrons. The van der Waals surface area contributed by atoms with E-state index in [1.807, 2.05) is 91.0 Å². The fourth-order valence-electron chi connectivity index (χ4n) is 3.13. The summed E-state index contributed by atoms with van der Waals surface area (Å²) in [4.78, 5) is 0.643. The number of hydrogen-bond donors (Lipinski definition) is 1. The van der Waals surface area contributed by atoms with Crippen LogP contribution in [0.2, 0.25) is 0 Å². The Bertz CT molecular complexity index is 949. The van der Waals surface area contributed by atoms with Crippen LogP contribution in [0.3, 0.4) is 0 Å². The number of aliphatic hydroxyl groups is 1. The summed E-state index contributed by atoms with van der Waals surface area (Å²) in [6.45, 7) is 0. The molecular weight excluding hydrogens is 342 g/mol. The van der Waals surface area contributed by atoms with Gasteiger partial charge in [-0.25, -0.2) is 8.57 Å². The number of benzene rings is 3. The third-order valence-corrected chi connectivity index (χ3v) is 6.96. The summed E-state index contributed by atoms with van der Waals surface area (Å²) in [6, 6.07) is 28.4. The molecule has 0 saturated heterocycles. The number of hydrogen-bond acceptors (Lipinski definition) is 3. The van der Waals surface area contributed by atoms with Gasteiger partial charge in [0, 0.05) is 18.4 Å². The molecule has 1 unspecified atom stereocenters. The van der Waals surface area contributed by atoms with Gasteiger partial charge in [-0.1, -0.05) is 78.9 Å². The van der Waals surface area contributed by atoms with Crippen LogP contribution in [-0.4, -0.2) is 22.1 Å². The topological polar surface area (TPSA) is 49.7 Å². The van der Waals surface area contributed by atoms with Crippen LogP contribution in [0.15, 0.2) is 100 Å². The van der Waals surface area contributed by atoms with E-state index in [2.05, 4.69) is 4.36 Å². The fraction of sp³-hybridized carbons (Fsp3) is 0.182. The second kappa shape index (κ2) is 7.85. The minimum atomic E-state index is -2.76. The fourth-order valence-corrected chi connectivity index (χ4v) is 5.13. The molecule has 0 spiro atoms. The van der Waals surface area contributed by atoms with Crippen molar-refractivity contribution in [3.05, 3.63) is 102 Å². The van der Waals surface area contributed by atoms with Crippen LogP contribution in [0.5, 0.6) is 0 Å². The first-order valence-corrected chi connectivity index (χ1v) is 10.2. The van der Waals surface area contributed by atoms with Crippen molar-refractivity contribution in [2.24, 2.45) is 4.36 Å². The molecule has 3 rings (SSSR count). The van der Waals surface area contributed by atoms with Gasteiger partial charge in [-0.2, -0.15) is 0 Å². The molecule has 3 aromatic carbocycles. The van der Waals surface area contributed by atoms with Gasteiger partial charge in [0.05, 0.1) is 15.5 Å². The molecule has 0 aliphatic carbocycles. The summed E-state index contributed by atoms with van der Waals surface area (Å²) in [5.41, 5.74) is 0.454. The van der Waals surface area contributed by atoms with Crippen molar-refractivity contribution in [1.29, 1.82) is 0 Å². The third-order valence-electron chi connectivity index (χ3n) is 4.49. The summed E-state index contributed by atoms with van der Waals surface area (Å²) < 4.78 is 17.8. The van der Waals surface area contributed by atoms with Gasteiger partial charge in [-0.05, 0) is 23.3 Å². The lowest BCUT2D eigenvalue weighted by atomic mass is 9.89. The summed E-state index contributed by atoms with van der Waals surface area (Å²) in [5, 5.41) is 11.6. The zero-order valence-electron chi connectivity index (χ0n) is 14.8. The minimum absolute atomic E-state index is 0.0411. The lowest BCUT2D eigenvalue weighted by Crippen LogP contribution is -2.36. The van der Waals surface area contributed by atoms with Gasteiger partial charge in [0.2, 0.25) is 0 Å². The van der Waals surface area contributed by atoms with Crippen LogP contribution < -0.4 is 0 Å². The first kappa shape index (κ1) is 18.4. The molecule has 0 saturated carbocycles. The van der Waals surface area contributed by atoms with Crippen molar-refractivity contribution in [2.45, 2.75) is 16.9 Å². The SMILES string of the molecule is CN=[S@](=O)(CC(O)(Cc1ccccc1)c1ccccc1)c1ccccc1. The van der Waals surface area contributed by atoms with Gasteiger partial charge in [0.1, 0.15) is 5.60 Å². The Balaban J connectivity index is 2.05. The van der Waals surface area contributed by atoms with Gasteiger partial charge < -0.3 is 5.11 Å². The average molecular weight is 365 g/mol. The summed E-state index contributed by atoms with van der Waals surface area (Å²) in [5.74, 6) is 0.0411. The Morgan fingerprint density at radius 1 is 0.846 bits per heavy atom. The van der Waals surface area contributed by atoms with E-state index < -0.39 is 15.3 Å². The van der Waals surface area contributed by atoms with Gasteiger partial charge in [0.15, 0.2) is 0 Å². The third kappa shape index (κ3) is 4.03. The van der Waals surface area contributed by atoms with Crippen molar-refractivity contribution in [3.8, 4) is 0 Å². The van der Waals surface area contributed by atoms with Crippen molar-refractivity contribution >= 4 is 9.73 Å². The Hall–Kier alpha value is -2.43. The average Bonchev–Trinajstić information content (AvgIpc) is 2.70. The highest BCUT2D eigenvalue weighted by Crippen LogP contribution is 2.31. The van der Waals surface area contributed by atoms with E-state index in [-0.39, 0.29) is 5.75 Å². The molecule has 26 heavy (non-hydrogen) atoms. The maximum atomic E-state index is 13.6. The van der Waals surface area contributed by atoms with E-state index in [1.165, 1.54) is 0 Å². The lowest BCUT2D eigenvalue weighted by molar-refractivity contribution is 0.0616. The molecule has 2 atom stereocenters. The Labute approximate surface area is 155 Å². The van der Waals surface area contributed by atoms with Crippen LogP contribution >= 0.6 is 0 Å². The smallest absolute Gasteiger partial charge is 0.106 e. The molecule has 0 fully saturated rings. The molecule has 0 aliphatic rings. The van der Waals surface area contributed by atoms with Gasteiger partial charge >= 0.3 is 0 Å². The largest absolute Gasteiger partial charge is 0.384 e. The molecule has 0 aromatic heterocycles. The van der Waals surface area contributed by atoms with E-state index >= 15 is 0 Å². The van der Waals surface area contributed by atoms with Crippen molar-refractivity contribution in [1.82, 2.24) is 0 Å². The van der Waals surface area contributed by atoms with E-state index in [9.17, 15) is 9.32 Å². The highest BCUT2D eigenvalue weighted by atomic mass is 32.2. The number of rotatable bonds is 6. The second-order valence-corrected chi connectivity index (χ2v) is 8.75. The Morgan fingerprint density at radius 3 is 1.88 bits per heavy atom. The maximum absolute atomic E-state index is 13.6. The molecule has 0 heterocycles. The van der Waals surface area contributed by atoms with Crippen LogP contribution in [0.25, 0.3) is 0 Å². The molecule has 0 aliphatic heterocycles. The molecule has 134 valence electrons. The Kier molecular flexibility index (Phi) is 5.55. The van der Waals surface area contributed by atoms with Crippen LogP contribution in [-0.2, 0) is 21.8 Å². The molecule has 1 N–H and O–H groups in total. The minimum Gasteiger partial charge on any atom is -0.384 e. The standard InChI is InChI=1S/C22H23NO2S/c1-23-26(25,21-15-9-4-10-16-21)18-22(24,20-13-7-3-8-14-20)17-19-11-5-2-6-12-19/h2-16,24H,17-18H2,1H3/t22?,26-/m0/s1. The van der Waals surface area contributed by atoms with E-state index in [1.54, 1.807) is 7.05 Å². The van der Waals surface area contributed by atoms with Crippen LogP contribution in [0, 0.1) is 0 Å². The molecule has 3 aromatic rings. The van der Waals surface area contributed by atoms with Gasteiger partial charge in [0.25, 0.3) is 0 Å². The van der Waals surface area contributed by atoms with E-state index in [0.717, 1.165) is 11.1 Å². The highest BCUT2D eigenvalue weighted by molar-refractivity contribution is 7.93. The summed E-state index contributed by atoms with van der Waals surface area (Å²) >= 11 is 0. The second-order valence-electron chi connectivity index (χ2n) is 6.34. The molecule has 3 nitrogen and oxygen atoms in total. The number of nitrogens with zero attached hydrogens (tertiary/aromatic N) is 1. The first-order chi connectivity index (χ1) is 12.6. The van der Waals surface area contributed by atoms with Gasteiger partial charge in [-0.3, -0.25) is 0 Å². The predicted molar refractivity (Wildman–Crippen MR) is 107 cm³/mol. The predicted octanol–water partition coefficient (Wildman–Crippen LogP) is 4.27. The molecular formula is C22H23NO2S. The monoisotopic (exact) mass is 365 g/mol. The molecule has 4 heteroatoms. The van der Waals surface area contributed by atoms with Crippen molar-refractivity contribution in [2.75, 3.05) is 12.8 Å². The highest BCUT2D eigenvalue weighted by Gasteiger charge is 2.34. The van der Waals surface area contributed by atoms with Crippen molar-refractivity contribution in [3.63, 3.8) is 0 Å². The molecule has 0 amide bonds. The summed E-state index contributed by atoms with van der Waals surface area (Å²) in [6.07, 6.45) is 0.372. The van der Waals surface area contributed by atoms with Crippen LogP contribution in [0.4, 0.5) is 0 Å². The zero-order chi connectivity index (χ0) is 18.5. The van der Waals surface area contributed by atoms with Crippen LogP contribution in [0.1, 0.15) is 11.1 Å². The quantitative estimate of drug-likeness (QED) is 0.709. The van der Waals surface area contributed by atoms with E-state index in [4.69, 9.17) is 0 Å². The zero-order valence-corrected chi connectivity index (χ0v) is 15.6. The summed E-state index contributed by atoms with van der Waals surface area (Å²) in [7, 11) is -1.20. The van der Waals surface area contributed by atoms with Crippen molar-refractivity contribution < 1.29 is 9.32 Å². The Morgan fingerprint density at radius 2 is 1.35 bits per heavy atom. The van der Waals surface area contributed by atoms with Gasteiger partial charge in [-0.15, -0.1) is 0 Å². The normalized spacial score (nSPS) is 15.6. The lowest BCUT2D eigenvalue weighted by Gasteiger charge is -2.30. The van der Waals surface area contributed by atoms with E-state index in [0.29, 0.717) is 11.3 Å². The molecule has 0 bridgehead atoms.